The van der Waals surface area contributed by atoms with E-state index in [1.54, 1.807) is 12.3 Å². The fraction of sp³-hybridized carbons (Fsp3) is 0.200. The van der Waals surface area contributed by atoms with Crippen LogP contribution in [0.25, 0.3) is 10.9 Å². The van der Waals surface area contributed by atoms with E-state index in [1.807, 2.05) is 48.5 Å². The van der Waals surface area contributed by atoms with E-state index in [2.05, 4.69) is 31.1 Å². The molecule has 0 radical (unpaired) electrons. The van der Waals surface area contributed by atoms with Gasteiger partial charge in [0.05, 0.1) is 0 Å². The van der Waals surface area contributed by atoms with Crippen LogP contribution < -0.4 is 10.1 Å². The molecule has 0 atom stereocenters. The van der Waals surface area contributed by atoms with Crippen molar-refractivity contribution >= 4 is 22.7 Å². The molecule has 0 saturated carbocycles. The maximum absolute atomic E-state index is 12.1. The summed E-state index contributed by atoms with van der Waals surface area (Å²) >= 11 is 0. The second kappa shape index (κ2) is 6.32. The predicted molar refractivity (Wildman–Crippen MR) is 96.5 cm³/mol. The van der Waals surface area contributed by atoms with Gasteiger partial charge in [0.2, 0.25) is 0 Å². The molecule has 122 valence electrons. The highest BCUT2D eigenvalue weighted by molar-refractivity contribution is 5.91. The van der Waals surface area contributed by atoms with Crippen LogP contribution >= 0.6 is 0 Å². The second-order valence-corrected chi connectivity index (χ2v) is 6.67. The molecule has 1 heterocycles. The molecule has 4 heteroatoms. The monoisotopic (exact) mass is 320 g/mol. The standard InChI is InChI=1S/C20H20N2O2/c1-20(2,3)15-9-11-16(12-10-15)22-19(23)24-17-8-4-6-14-7-5-13-21-18(14)17/h4-13H,1-3H3,(H,22,23). The third-order valence-electron chi connectivity index (χ3n) is 3.80. The van der Waals surface area contributed by atoms with E-state index < -0.39 is 6.09 Å². The zero-order valence-corrected chi connectivity index (χ0v) is 14.0. The summed E-state index contributed by atoms with van der Waals surface area (Å²) in [7, 11) is 0. The number of hydrogen-bond donors (Lipinski definition) is 1. The van der Waals surface area contributed by atoms with Gasteiger partial charge in [-0.1, -0.05) is 51.1 Å². The Balaban J connectivity index is 1.73. The molecule has 0 fully saturated rings. The highest BCUT2D eigenvalue weighted by atomic mass is 16.6. The third-order valence-corrected chi connectivity index (χ3v) is 3.80. The SMILES string of the molecule is CC(C)(C)c1ccc(NC(=O)Oc2cccc3cccnc23)cc1. The van der Waals surface area contributed by atoms with Crippen molar-refractivity contribution in [2.24, 2.45) is 0 Å². The second-order valence-electron chi connectivity index (χ2n) is 6.67. The topological polar surface area (TPSA) is 51.2 Å². The first-order valence-corrected chi connectivity index (χ1v) is 7.86. The number of ether oxygens (including phenoxy) is 1. The van der Waals surface area contributed by atoms with E-state index in [0.29, 0.717) is 17.0 Å². The first kappa shape index (κ1) is 16.0. The van der Waals surface area contributed by atoms with E-state index >= 15 is 0 Å². The molecule has 0 unspecified atom stereocenters. The number of pyridine rings is 1. The molecular formula is C20H20N2O2. The van der Waals surface area contributed by atoms with Crippen LogP contribution in [0.15, 0.2) is 60.8 Å². The Kier molecular flexibility index (Phi) is 4.21. The summed E-state index contributed by atoms with van der Waals surface area (Å²) in [5.41, 5.74) is 2.65. The van der Waals surface area contributed by atoms with Gasteiger partial charge in [0, 0.05) is 17.3 Å². The lowest BCUT2D eigenvalue weighted by atomic mass is 9.87. The van der Waals surface area contributed by atoms with Gasteiger partial charge in [0.15, 0.2) is 5.75 Å². The van der Waals surface area contributed by atoms with Crippen molar-refractivity contribution in [3.05, 3.63) is 66.4 Å². The molecule has 1 amide bonds. The van der Waals surface area contributed by atoms with Crippen molar-refractivity contribution in [1.29, 1.82) is 0 Å². The average Bonchev–Trinajstić information content (AvgIpc) is 2.55. The zero-order chi connectivity index (χ0) is 17.2. The van der Waals surface area contributed by atoms with E-state index in [4.69, 9.17) is 4.74 Å². The van der Waals surface area contributed by atoms with Gasteiger partial charge in [-0.2, -0.15) is 0 Å². The number of nitrogens with zero attached hydrogens (tertiary/aromatic N) is 1. The number of anilines is 1. The van der Waals surface area contributed by atoms with Gasteiger partial charge in [0.25, 0.3) is 0 Å². The predicted octanol–water partition coefficient (Wildman–Crippen LogP) is 5.14. The van der Waals surface area contributed by atoms with Gasteiger partial charge in [0.1, 0.15) is 5.52 Å². The van der Waals surface area contributed by atoms with Gasteiger partial charge >= 0.3 is 6.09 Å². The van der Waals surface area contributed by atoms with Gasteiger partial charge < -0.3 is 4.74 Å². The highest BCUT2D eigenvalue weighted by Crippen LogP contribution is 2.25. The van der Waals surface area contributed by atoms with Crippen LogP contribution in [0.1, 0.15) is 26.3 Å². The maximum Gasteiger partial charge on any atom is 0.417 e. The van der Waals surface area contributed by atoms with Crippen LogP contribution in [-0.4, -0.2) is 11.1 Å². The molecule has 3 rings (SSSR count). The molecule has 24 heavy (non-hydrogen) atoms. The summed E-state index contributed by atoms with van der Waals surface area (Å²) in [6, 6.07) is 17.1. The van der Waals surface area contributed by atoms with E-state index in [0.717, 1.165) is 5.39 Å². The number of fused-ring (bicyclic) bond motifs is 1. The Bertz CT molecular complexity index is 859. The average molecular weight is 320 g/mol. The van der Waals surface area contributed by atoms with Crippen LogP contribution in [0.2, 0.25) is 0 Å². The highest BCUT2D eigenvalue weighted by Gasteiger charge is 2.14. The Morgan fingerprint density at radius 2 is 1.71 bits per heavy atom. The summed E-state index contributed by atoms with van der Waals surface area (Å²) in [6.07, 6.45) is 1.15. The minimum absolute atomic E-state index is 0.0770. The van der Waals surface area contributed by atoms with Crippen LogP contribution in [0.4, 0.5) is 10.5 Å². The van der Waals surface area contributed by atoms with Crippen molar-refractivity contribution in [2.75, 3.05) is 5.32 Å². The molecule has 0 aliphatic rings. The fourth-order valence-corrected chi connectivity index (χ4v) is 2.46. The van der Waals surface area contributed by atoms with E-state index in [-0.39, 0.29) is 5.41 Å². The van der Waals surface area contributed by atoms with Crippen LogP contribution in [0.3, 0.4) is 0 Å². The summed E-state index contributed by atoms with van der Waals surface area (Å²) in [5, 5.41) is 3.67. The quantitative estimate of drug-likeness (QED) is 0.711. The molecule has 3 aromatic rings. The largest absolute Gasteiger partial charge is 0.417 e. The first-order chi connectivity index (χ1) is 11.4. The lowest BCUT2D eigenvalue weighted by Crippen LogP contribution is -2.17. The number of nitrogens with one attached hydrogen (secondary N) is 1. The van der Waals surface area contributed by atoms with Crippen LogP contribution in [-0.2, 0) is 5.41 Å². The lowest BCUT2D eigenvalue weighted by molar-refractivity contribution is 0.215. The molecule has 1 N–H and O–H groups in total. The summed E-state index contributed by atoms with van der Waals surface area (Å²) in [4.78, 5) is 16.4. The summed E-state index contributed by atoms with van der Waals surface area (Å²) in [6.45, 7) is 6.45. The van der Waals surface area contributed by atoms with Crippen molar-refractivity contribution in [3.8, 4) is 5.75 Å². The number of amides is 1. The van der Waals surface area contributed by atoms with Crippen LogP contribution in [0, 0.1) is 0 Å². The molecule has 0 bridgehead atoms. The molecule has 1 aromatic heterocycles. The smallest absolute Gasteiger partial charge is 0.408 e. The Hall–Kier alpha value is -2.88. The number of hydrogen-bond acceptors (Lipinski definition) is 3. The molecule has 2 aromatic carbocycles. The van der Waals surface area contributed by atoms with Crippen molar-refractivity contribution in [3.63, 3.8) is 0 Å². The molecular weight excluding hydrogens is 300 g/mol. The van der Waals surface area contributed by atoms with Gasteiger partial charge in [-0.3, -0.25) is 10.3 Å². The molecule has 0 spiro atoms. The van der Waals surface area contributed by atoms with E-state index in [1.165, 1.54) is 5.56 Å². The van der Waals surface area contributed by atoms with Crippen molar-refractivity contribution < 1.29 is 9.53 Å². The van der Waals surface area contributed by atoms with Crippen molar-refractivity contribution in [2.45, 2.75) is 26.2 Å². The van der Waals surface area contributed by atoms with Crippen molar-refractivity contribution in [1.82, 2.24) is 4.98 Å². The van der Waals surface area contributed by atoms with Gasteiger partial charge in [-0.25, -0.2) is 4.79 Å². The Labute approximate surface area is 141 Å². The number of aromatic nitrogens is 1. The van der Waals surface area contributed by atoms with Crippen LogP contribution in [0.5, 0.6) is 5.75 Å². The minimum Gasteiger partial charge on any atom is -0.408 e. The normalized spacial score (nSPS) is 11.3. The fourth-order valence-electron chi connectivity index (χ4n) is 2.46. The number of carbonyl (C=O) groups excluding carboxylic acids is 1. The van der Waals surface area contributed by atoms with Gasteiger partial charge in [-0.05, 0) is 35.2 Å². The lowest BCUT2D eigenvalue weighted by Gasteiger charge is -2.19. The van der Waals surface area contributed by atoms with E-state index in [9.17, 15) is 4.79 Å². The third kappa shape index (κ3) is 3.54. The number of benzene rings is 2. The Morgan fingerprint density at radius 3 is 2.42 bits per heavy atom. The summed E-state index contributed by atoms with van der Waals surface area (Å²) < 4.78 is 5.42. The molecule has 0 saturated heterocycles. The number of para-hydroxylation sites is 1. The summed E-state index contributed by atoms with van der Waals surface area (Å²) in [5.74, 6) is 0.442. The minimum atomic E-state index is -0.531. The first-order valence-electron chi connectivity index (χ1n) is 7.86. The zero-order valence-electron chi connectivity index (χ0n) is 14.0. The van der Waals surface area contributed by atoms with Gasteiger partial charge in [-0.15, -0.1) is 0 Å². The Morgan fingerprint density at radius 1 is 1.00 bits per heavy atom. The number of rotatable bonds is 2. The number of carbonyl (C=O) groups is 1. The molecule has 4 nitrogen and oxygen atoms in total. The maximum atomic E-state index is 12.1. The molecule has 0 aliphatic carbocycles. The molecule has 0 aliphatic heterocycles.